The van der Waals surface area contributed by atoms with E-state index < -0.39 is 0 Å². The van der Waals surface area contributed by atoms with Crippen LogP contribution in [-0.2, 0) is 6.42 Å². The van der Waals surface area contributed by atoms with E-state index in [1.54, 1.807) is 0 Å². The molecule has 0 aliphatic heterocycles. The van der Waals surface area contributed by atoms with Gasteiger partial charge in [0.05, 0.1) is 5.69 Å². The molecular formula is C12H14N2O. The summed E-state index contributed by atoms with van der Waals surface area (Å²) in [6, 6.07) is 10.1. The second kappa shape index (κ2) is 4.28. The SMILES string of the molecule is Cc1cc(-c2ccc(CCO)cc2)n[nH]1. The number of aryl methyl sites for hydroxylation is 1. The molecule has 0 saturated heterocycles. The molecule has 0 unspecified atom stereocenters. The zero-order valence-corrected chi connectivity index (χ0v) is 8.70. The van der Waals surface area contributed by atoms with Crippen molar-refractivity contribution in [3.63, 3.8) is 0 Å². The highest BCUT2D eigenvalue weighted by atomic mass is 16.2. The second-order valence-electron chi connectivity index (χ2n) is 3.61. The summed E-state index contributed by atoms with van der Waals surface area (Å²) >= 11 is 0. The molecule has 3 heteroatoms. The van der Waals surface area contributed by atoms with Gasteiger partial charge in [-0.1, -0.05) is 24.3 Å². The average Bonchev–Trinajstić information content (AvgIpc) is 2.67. The predicted octanol–water partition coefficient (Wildman–Crippen LogP) is 1.92. The highest BCUT2D eigenvalue weighted by Gasteiger charge is 2.01. The van der Waals surface area contributed by atoms with Gasteiger partial charge in [-0.3, -0.25) is 5.10 Å². The number of aromatic nitrogens is 2. The smallest absolute Gasteiger partial charge is 0.0923 e. The van der Waals surface area contributed by atoms with Crippen molar-refractivity contribution in [3.8, 4) is 11.3 Å². The summed E-state index contributed by atoms with van der Waals surface area (Å²) in [5.41, 5.74) is 4.27. The fourth-order valence-corrected chi connectivity index (χ4v) is 1.54. The van der Waals surface area contributed by atoms with Gasteiger partial charge in [-0.25, -0.2) is 0 Å². The van der Waals surface area contributed by atoms with Crippen LogP contribution in [0.2, 0.25) is 0 Å². The van der Waals surface area contributed by atoms with Gasteiger partial charge in [0.25, 0.3) is 0 Å². The van der Waals surface area contributed by atoms with E-state index in [-0.39, 0.29) is 6.61 Å². The molecule has 3 nitrogen and oxygen atoms in total. The highest BCUT2D eigenvalue weighted by molar-refractivity contribution is 5.59. The molecule has 1 aromatic carbocycles. The van der Waals surface area contributed by atoms with Crippen LogP contribution in [0.1, 0.15) is 11.3 Å². The molecule has 0 saturated carbocycles. The number of nitrogens with zero attached hydrogens (tertiary/aromatic N) is 1. The minimum absolute atomic E-state index is 0.195. The van der Waals surface area contributed by atoms with E-state index in [0.29, 0.717) is 6.42 Å². The molecule has 0 amide bonds. The van der Waals surface area contributed by atoms with E-state index in [1.807, 2.05) is 37.3 Å². The summed E-state index contributed by atoms with van der Waals surface area (Å²) in [6.07, 6.45) is 0.708. The van der Waals surface area contributed by atoms with E-state index >= 15 is 0 Å². The Hall–Kier alpha value is -1.61. The van der Waals surface area contributed by atoms with Crippen LogP contribution < -0.4 is 0 Å². The molecule has 0 atom stereocenters. The molecule has 0 spiro atoms. The Balaban J connectivity index is 2.23. The minimum Gasteiger partial charge on any atom is -0.396 e. The molecule has 0 bridgehead atoms. The summed E-state index contributed by atoms with van der Waals surface area (Å²) in [5, 5.41) is 15.9. The lowest BCUT2D eigenvalue weighted by Crippen LogP contribution is -1.89. The van der Waals surface area contributed by atoms with Gasteiger partial charge in [0.15, 0.2) is 0 Å². The monoisotopic (exact) mass is 202 g/mol. The van der Waals surface area contributed by atoms with Crippen LogP contribution in [0.5, 0.6) is 0 Å². The summed E-state index contributed by atoms with van der Waals surface area (Å²) in [4.78, 5) is 0. The molecule has 78 valence electrons. The Morgan fingerprint density at radius 1 is 1.27 bits per heavy atom. The lowest BCUT2D eigenvalue weighted by atomic mass is 10.1. The van der Waals surface area contributed by atoms with Crippen LogP contribution >= 0.6 is 0 Å². The molecule has 15 heavy (non-hydrogen) atoms. The molecule has 0 fully saturated rings. The fraction of sp³-hybridized carbons (Fsp3) is 0.250. The highest BCUT2D eigenvalue weighted by Crippen LogP contribution is 2.18. The number of aliphatic hydroxyl groups excluding tert-OH is 1. The topological polar surface area (TPSA) is 48.9 Å². The first-order chi connectivity index (χ1) is 7.29. The molecule has 2 N–H and O–H groups in total. The van der Waals surface area contributed by atoms with Gasteiger partial charge in [-0.2, -0.15) is 5.10 Å². The van der Waals surface area contributed by atoms with Gasteiger partial charge in [0.2, 0.25) is 0 Å². The Labute approximate surface area is 88.8 Å². The number of rotatable bonds is 3. The summed E-state index contributed by atoms with van der Waals surface area (Å²) < 4.78 is 0. The normalized spacial score (nSPS) is 10.5. The van der Waals surface area contributed by atoms with Gasteiger partial charge >= 0.3 is 0 Å². The van der Waals surface area contributed by atoms with E-state index in [4.69, 9.17) is 5.11 Å². The fourth-order valence-electron chi connectivity index (χ4n) is 1.54. The predicted molar refractivity (Wildman–Crippen MR) is 59.6 cm³/mol. The third-order valence-electron chi connectivity index (χ3n) is 2.36. The summed E-state index contributed by atoms with van der Waals surface area (Å²) in [7, 11) is 0. The Kier molecular flexibility index (Phi) is 2.83. The van der Waals surface area contributed by atoms with Gasteiger partial charge in [0.1, 0.15) is 0 Å². The quantitative estimate of drug-likeness (QED) is 0.798. The molecule has 0 radical (unpaired) electrons. The van der Waals surface area contributed by atoms with E-state index in [9.17, 15) is 0 Å². The number of hydrogen-bond donors (Lipinski definition) is 2. The lowest BCUT2D eigenvalue weighted by molar-refractivity contribution is 0.299. The van der Waals surface area contributed by atoms with Gasteiger partial charge in [0, 0.05) is 17.9 Å². The molecule has 1 heterocycles. The van der Waals surface area contributed by atoms with E-state index in [1.165, 1.54) is 0 Å². The van der Waals surface area contributed by atoms with Gasteiger partial charge in [-0.05, 0) is 25.0 Å². The summed E-state index contributed by atoms with van der Waals surface area (Å²) in [5.74, 6) is 0. The zero-order chi connectivity index (χ0) is 10.7. The largest absolute Gasteiger partial charge is 0.396 e. The number of aliphatic hydroxyl groups is 1. The summed E-state index contributed by atoms with van der Waals surface area (Å²) in [6.45, 7) is 2.18. The molecule has 0 aliphatic carbocycles. The molecule has 2 rings (SSSR count). The van der Waals surface area contributed by atoms with Crippen molar-refractivity contribution < 1.29 is 5.11 Å². The van der Waals surface area contributed by atoms with Crippen molar-refractivity contribution in [2.75, 3.05) is 6.61 Å². The number of hydrogen-bond acceptors (Lipinski definition) is 2. The molecule has 2 aromatic rings. The second-order valence-corrected chi connectivity index (χ2v) is 3.61. The van der Waals surface area contributed by atoms with Crippen LogP contribution in [0.15, 0.2) is 30.3 Å². The molecule has 1 aromatic heterocycles. The number of benzene rings is 1. The third-order valence-corrected chi connectivity index (χ3v) is 2.36. The van der Waals surface area contributed by atoms with Crippen molar-refractivity contribution in [1.29, 1.82) is 0 Å². The van der Waals surface area contributed by atoms with E-state index in [0.717, 1.165) is 22.5 Å². The Morgan fingerprint density at radius 2 is 2.00 bits per heavy atom. The number of H-pyrrole nitrogens is 1. The van der Waals surface area contributed by atoms with E-state index in [2.05, 4.69) is 10.2 Å². The lowest BCUT2D eigenvalue weighted by Gasteiger charge is -1.99. The maximum absolute atomic E-state index is 8.79. The van der Waals surface area contributed by atoms with Crippen molar-refractivity contribution in [3.05, 3.63) is 41.6 Å². The number of nitrogens with one attached hydrogen (secondary N) is 1. The van der Waals surface area contributed by atoms with Gasteiger partial charge < -0.3 is 5.11 Å². The van der Waals surface area contributed by atoms with Crippen LogP contribution in [-0.4, -0.2) is 21.9 Å². The van der Waals surface area contributed by atoms with Crippen LogP contribution in [0.4, 0.5) is 0 Å². The van der Waals surface area contributed by atoms with Crippen molar-refractivity contribution >= 4 is 0 Å². The van der Waals surface area contributed by atoms with Crippen LogP contribution in [0.25, 0.3) is 11.3 Å². The first kappa shape index (κ1) is 9.93. The minimum atomic E-state index is 0.195. The molecular weight excluding hydrogens is 188 g/mol. The van der Waals surface area contributed by atoms with Crippen molar-refractivity contribution in [1.82, 2.24) is 10.2 Å². The third kappa shape index (κ3) is 2.25. The van der Waals surface area contributed by atoms with Crippen molar-refractivity contribution in [2.24, 2.45) is 0 Å². The first-order valence-corrected chi connectivity index (χ1v) is 5.02. The average molecular weight is 202 g/mol. The standard InChI is InChI=1S/C12H14N2O/c1-9-8-12(14-13-9)11-4-2-10(3-5-11)6-7-15/h2-5,8,15H,6-7H2,1H3,(H,13,14). The van der Waals surface area contributed by atoms with Crippen LogP contribution in [0, 0.1) is 6.92 Å². The van der Waals surface area contributed by atoms with Crippen LogP contribution in [0.3, 0.4) is 0 Å². The Bertz CT molecular complexity index is 431. The Morgan fingerprint density at radius 3 is 2.53 bits per heavy atom. The molecule has 0 aliphatic rings. The zero-order valence-electron chi connectivity index (χ0n) is 8.70. The first-order valence-electron chi connectivity index (χ1n) is 5.02. The van der Waals surface area contributed by atoms with Crippen molar-refractivity contribution in [2.45, 2.75) is 13.3 Å². The van der Waals surface area contributed by atoms with Gasteiger partial charge in [-0.15, -0.1) is 0 Å². The maximum Gasteiger partial charge on any atom is 0.0923 e. The number of aromatic amines is 1. The maximum atomic E-state index is 8.79.